The second-order valence-corrected chi connectivity index (χ2v) is 8.18. The van der Waals surface area contributed by atoms with Crippen LogP contribution in [0.1, 0.15) is 24.2 Å². The molecule has 8 nitrogen and oxygen atoms in total. The van der Waals surface area contributed by atoms with E-state index < -0.39 is 0 Å². The number of anilines is 1. The number of aromatic amines is 1. The fourth-order valence-corrected chi connectivity index (χ4v) is 4.47. The number of hydrogen-bond acceptors (Lipinski definition) is 5. The molecule has 0 saturated carbocycles. The van der Waals surface area contributed by atoms with Crippen LogP contribution in [-0.2, 0) is 6.54 Å². The highest BCUT2D eigenvalue weighted by Crippen LogP contribution is 2.33. The Labute approximate surface area is 179 Å². The molecule has 4 aromatic rings. The summed E-state index contributed by atoms with van der Waals surface area (Å²) >= 11 is 0. The lowest BCUT2D eigenvalue weighted by atomic mass is 9.99. The zero-order chi connectivity index (χ0) is 21.5. The standard InChI is InChI=1S/C23H25N7O/c1-14-11-17(12-15(2)26-14)19-20(16-7-4-3-5-8-16)27-22(24)30-21(19)28-29(23(30)31)13-18-9-6-10-25-18/h3-5,7-8,11-12,18,25H,6,9-10,13H2,1-2H3,(H2,24,26,27,28)/p+1. The number of nitrogen functional groups attached to an aromatic ring is 1. The van der Waals surface area contributed by atoms with Gasteiger partial charge in [-0.3, -0.25) is 4.98 Å². The minimum atomic E-state index is -0.211. The molecule has 1 fully saturated rings. The average molecular weight is 417 g/mol. The van der Waals surface area contributed by atoms with E-state index >= 15 is 0 Å². The molecule has 31 heavy (non-hydrogen) atoms. The molecular formula is C23H26N7O+. The molecule has 1 aliphatic rings. The van der Waals surface area contributed by atoms with E-state index in [-0.39, 0.29) is 17.7 Å². The molecule has 0 amide bonds. The van der Waals surface area contributed by atoms with Gasteiger partial charge in [0.05, 0.1) is 12.1 Å². The van der Waals surface area contributed by atoms with E-state index in [2.05, 4.69) is 20.4 Å². The highest BCUT2D eigenvalue weighted by atomic mass is 16.2. The second-order valence-electron chi connectivity index (χ2n) is 8.18. The Morgan fingerprint density at radius 3 is 2.55 bits per heavy atom. The van der Waals surface area contributed by atoms with Crippen molar-refractivity contribution in [2.45, 2.75) is 39.3 Å². The van der Waals surface area contributed by atoms with Gasteiger partial charge in [0.15, 0.2) is 0 Å². The van der Waals surface area contributed by atoms with Crippen LogP contribution in [0.5, 0.6) is 0 Å². The molecule has 1 saturated heterocycles. The molecular weight excluding hydrogens is 390 g/mol. The number of rotatable bonds is 4. The molecule has 0 aliphatic carbocycles. The number of fused-ring (bicyclic) bond motifs is 1. The number of nitrogens with one attached hydrogen (secondary N) is 2. The van der Waals surface area contributed by atoms with Gasteiger partial charge in [0, 0.05) is 23.0 Å². The molecule has 0 bridgehead atoms. The van der Waals surface area contributed by atoms with Crippen LogP contribution in [0.3, 0.4) is 0 Å². The number of hydrogen-bond donors (Lipinski definition) is 3. The van der Waals surface area contributed by atoms with Crippen molar-refractivity contribution >= 4 is 11.6 Å². The van der Waals surface area contributed by atoms with Gasteiger partial charge in [0.2, 0.25) is 5.65 Å². The van der Waals surface area contributed by atoms with Crippen molar-refractivity contribution < 1.29 is 4.40 Å². The van der Waals surface area contributed by atoms with E-state index in [9.17, 15) is 4.79 Å². The number of nitrogens with two attached hydrogens (primary N) is 1. The fraction of sp³-hybridized carbons (Fsp3) is 0.304. The number of H-pyrrole nitrogens is 1. The van der Waals surface area contributed by atoms with Gasteiger partial charge in [-0.25, -0.2) is 9.89 Å². The van der Waals surface area contributed by atoms with Crippen molar-refractivity contribution in [2.75, 3.05) is 12.3 Å². The summed E-state index contributed by atoms with van der Waals surface area (Å²) < 4.78 is 3.11. The van der Waals surface area contributed by atoms with E-state index in [1.807, 2.05) is 56.3 Å². The summed E-state index contributed by atoms with van der Waals surface area (Å²) in [5.74, 6) is 0.166. The summed E-state index contributed by atoms with van der Waals surface area (Å²) in [6.45, 7) is 5.48. The lowest BCUT2D eigenvalue weighted by molar-refractivity contribution is -0.516. The monoisotopic (exact) mass is 416 g/mol. The Bertz CT molecular complexity index is 1300. The normalized spacial score (nSPS) is 16.3. The predicted molar refractivity (Wildman–Crippen MR) is 120 cm³/mol. The van der Waals surface area contributed by atoms with E-state index in [0.29, 0.717) is 12.2 Å². The van der Waals surface area contributed by atoms with Crippen LogP contribution in [0.15, 0.2) is 47.3 Å². The first-order chi connectivity index (χ1) is 15.0. The second kappa shape index (κ2) is 7.63. The van der Waals surface area contributed by atoms with Crippen LogP contribution in [0.25, 0.3) is 28.0 Å². The molecule has 0 spiro atoms. The Balaban J connectivity index is 1.81. The lowest BCUT2D eigenvalue weighted by Crippen LogP contribution is -2.45. The molecule has 8 heteroatoms. The van der Waals surface area contributed by atoms with Crippen molar-refractivity contribution in [1.82, 2.24) is 25.1 Å². The van der Waals surface area contributed by atoms with Crippen molar-refractivity contribution in [3.8, 4) is 22.4 Å². The SMILES string of the molecule is Cc1cc(-c2c(-c3ccccc3)nc(N)[n+]3c(=O)n(CC4CCCN4)[nH]c23)cc(C)n1. The van der Waals surface area contributed by atoms with Crippen LogP contribution in [-0.4, -0.2) is 32.3 Å². The zero-order valence-corrected chi connectivity index (χ0v) is 17.7. The van der Waals surface area contributed by atoms with Crippen LogP contribution in [0.2, 0.25) is 0 Å². The van der Waals surface area contributed by atoms with Gasteiger partial charge in [-0.2, -0.15) is 4.68 Å². The molecule has 158 valence electrons. The van der Waals surface area contributed by atoms with Gasteiger partial charge in [0.1, 0.15) is 5.69 Å². The summed E-state index contributed by atoms with van der Waals surface area (Å²) in [5.41, 5.74) is 12.0. The largest absolute Gasteiger partial charge is 0.428 e. The topological polar surface area (TPSA) is 106 Å². The van der Waals surface area contributed by atoms with E-state index in [4.69, 9.17) is 5.73 Å². The summed E-state index contributed by atoms with van der Waals surface area (Å²) in [6.07, 6.45) is 2.17. The van der Waals surface area contributed by atoms with Crippen LogP contribution < -0.4 is 21.1 Å². The third-order valence-corrected chi connectivity index (χ3v) is 5.80. The smallest absolute Gasteiger partial charge is 0.319 e. The number of aromatic nitrogens is 5. The molecule has 1 aromatic carbocycles. The van der Waals surface area contributed by atoms with E-state index in [0.717, 1.165) is 53.2 Å². The molecule has 4 heterocycles. The molecule has 1 aliphatic heterocycles. The number of nitrogens with zero attached hydrogens (tertiary/aromatic N) is 4. The third kappa shape index (κ3) is 3.48. The Hall–Kier alpha value is -3.52. The van der Waals surface area contributed by atoms with Gasteiger partial charge in [0.25, 0.3) is 0 Å². The minimum absolute atomic E-state index is 0.166. The third-order valence-electron chi connectivity index (χ3n) is 5.80. The van der Waals surface area contributed by atoms with Crippen molar-refractivity contribution in [3.63, 3.8) is 0 Å². The predicted octanol–water partition coefficient (Wildman–Crippen LogP) is 1.99. The van der Waals surface area contributed by atoms with Gasteiger partial charge in [-0.1, -0.05) is 30.3 Å². The van der Waals surface area contributed by atoms with Gasteiger partial charge < -0.3 is 11.1 Å². The molecule has 5 rings (SSSR count). The quantitative estimate of drug-likeness (QED) is 0.441. The number of aryl methyl sites for hydroxylation is 2. The first-order valence-corrected chi connectivity index (χ1v) is 10.6. The Morgan fingerprint density at radius 2 is 1.87 bits per heavy atom. The van der Waals surface area contributed by atoms with Crippen molar-refractivity contribution in [3.05, 3.63) is 64.3 Å². The van der Waals surface area contributed by atoms with Crippen LogP contribution in [0, 0.1) is 13.8 Å². The van der Waals surface area contributed by atoms with E-state index in [1.165, 1.54) is 4.40 Å². The van der Waals surface area contributed by atoms with Crippen LogP contribution >= 0.6 is 0 Å². The highest BCUT2D eigenvalue weighted by Gasteiger charge is 2.27. The Kier molecular flexibility index (Phi) is 4.78. The minimum Gasteiger partial charge on any atom is -0.319 e. The maximum atomic E-state index is 13.2. The first kappa shape index (κ1) is 19.4. The van der Waals surface area contributed by atoms with Crippen LogP contribution in [0.4, 0.5) is 5.95 Å². The van der Waals surface area contributed by atoms with Gasteiger partial charge in [-0.05, 0) is 50.9 Å². The fourth-order valence-electron chi connectivity index (χ4n) is 4.47. The Morgan fingerprint density at radius 1 is 1.13 bits per heavy atom. The van der Waals surface area contributed by atoms with Gasteiger partial charge >= 0.3 is 11.6 Å². The molecule has 4 N–H and O–H groups in total. The average Bonchev–Trinajstić information content (AvgIpc) is 3.36. The summed E-state index contributed by atoms with van der Waals surface area (Å²) in [7, 11) is 0. The number of pyridine rings is 1. The lowest BCUT2D eigenvalue weighted by Gasteiger charge is -2.10. The molecule has 3 aromatic heterocycles. The molecule has 1 unspecified atom stereocenters. The number of benzene rings is 1. The summed E-state index contributed by atoms with van der Waals surface area (Å²) in [5, 5.41) is 6.78. The summed E-state index contributed by atoms with van der Waals surface area (Å²) in [4.78, 5) is 22.4. The summed E-state index contributed by atoms with van der Waals surface area (Å²) in [6, 6.07) is 14.2. The maximum Gasteiger partial charge on any atom is 0.428 e. The maximum absolute atomic E-state index is 13.2. The first-order valence-electron chi connectivity index (χ1n) is 10.6. The van der Waals surface area contributed by atoms with Crippen molar-refractivity contribution in [1.29, 1.82) is 0 Å². The highest BCUT2D eigenvalue weighted by molar-refractivity contribution is 5.88. The van der Waals surface area contributed by atoms with Gasteiger partial charge in [-0.15, -0.1) is 9.38 Å². The molecule has 1 atom stereocenters. The van der Waals surface area contributed by atoms with E-state index in [1.54, 1.807) is 4.68 Å². The zero-order valence-electron chi connectivity index (χ0n) is 17.7. The van der Waals surface area contributed by atoms with Crippen molar-refractivity contribution in [2.24, 2.45) is 0 Å². The molecule has 0 radical (unpaired) electrons.